The van der Waals surface area contributed by atoms with Crippen LogP contribution in [0.25, 0.3) is 0 Å². The molecule has 1 aromatic rings. The average Bonchev–Trinajstić information content (AvgIpc) is 3.05. The first kappa shape index (κ1) is 18.4. The van der Waals surface area contributed by atoms with Gasteiger partial charge >= 0.3 is 0 Å². The Morgan fingerprint density at radius 2 is 2.22 bits per heavy atom. The Labute approximate surface area is 148 Å². The third kappa shape index (κ3) is 6.61. The molecule has 0 aromatic heterocycles. The lowest BCUT2D eigenvalue weighted by Crippen LogP contribution is -2.41. The Morgan fingerprint density at radius 3 is 2.87 bits per heavy atom. The molecule has 0 aliphatic carbocycles. The van der Waals surface area contributed by atoms with Gasteiger partial charge in [-0.05, 0) is 37.6 Å². The number of aliphatic imine (C=N–C) groups is 1. The summed E-state index contributed by atoms with van der Waals surface area (Å²) in [5.74, 6) is 2.56. The van der Waals surface area contributed by atoms with E-state index in [-0.39, 0.29) is 0 Å². The minimum absolute atomic E-state index is 0.618. The summed E-state index contributed by atoms with van der Waals surface area (Å²) in [6, 6.07) is 7.95. The van der Waals surface area contributed by atoms with E-state index in [1.165, 1.54) is 4.90 Å². The summed E-state index contributed by atoms with van der Waals surface area (Å²) in [4.78, 5) is 8.18. The second-order valence-electron chi connectivity index (χ2n) is 5.65. The minimum Gasteiger partial charge on any atom is -0.381 e. The van der Waals surface area contributed by atoms with Gasteiger partial charge in [-0.2, -0.15) is 0 Å². The van der Waals surface area contributed by atoms with E-state index in [1.807, 2.05) is 24.3 Å². The van der Waals surface area contributed by atoms with Gasteiger partial charge in [0.05, 0.1) is 13.2 Å². The Bertz CT molecular complexity index is 489. The lowest BCUT2D eigenvalue weighted by atomic mass is 10.1. The number of thioether (sulfide) groups is 1. The van der Waals surface area contributed by atoms with Gasteiger partial charge in [0, 0.05) is 48.3 Å². The second kappa shape index (κ2) is 10.1. The number of rotatable bonds is 7. The van der Waals surface area contributed by atoms with Gasteiger partial charge in [0.15, 0.2) is 5.96 Å². The molecule has 23 heavy (non-hydrogen) atoms. The molecule has 1 atom stereocenters. The summed E-state index contributed by atoms with van der Waals surface area (Å²) in [7, 11) is 2.10. The Kier molecular flexibility index (Phi) is 8.06. The molecule has 128 valence electrons. The molecule has 1 unspecified atom stereocenters. The number of guanidine groups is 1. The highest BCUT2D eigenvalue weighted by Gasteiger charge is 2.18. The Balaban J connectivity index is 1.78. The maximum Gasteiger partial charge on any atom is 0.193 e. The van der Waals surface area contributed by atoms with Crippen LogP contribution in [0.5, 0.6) is 0 Å². The van der Waals surface area contributed by atoms with Crippen LogP contribution < -0.4 is 5.32 Å². The molecule has 1 fully saturated rings. The van der Waals surface area contributed by atoms with Gasteiger partial charge in [-0.25, -0.2) is 0 Å². The first-order chi connectivity index (χ1) is 11.2. The molecule has 4 nitrogen and oxygen atoms in total. The van der Waals surface area contributed by atoms with E-state index in [0.717, 1.165) is 56.0 Å². The molecule has 0 bridgehead atoms. The maximum absolute atomic E-state index is 5.90. The van der Waals surface area contributed by atoms with Crippen molar-refractivity contribution < 1.29 is 4.74 Å². The standard InChI is InChI=1S/C17H26ClN3OS/c1-3-19-17(21(2)12-14-8-10-22-13-14)20-9-11-23-16-6-4-15(18)5-7-16/h4-7,14H,3,8-13H2,1-2H3,(H,19,20). The molecule has 0 amide bonds. The van der Waals surface area contributed by atoms with Crippen LogP contribution in [0.4, 0.5) is 0 Å². The van der Waals surface area contributed by atoms with E-state index < -0.39 is 0 Å². The van der Waals surface area contributed by atoms with E-state index >= 15 is 0 Å². The normalized spacial score (nSPS) is 18.2. The SMILES string of the molecule is CCNC(=NCCSc1ccc(Cl)cc1)N(C)CC1CCOC1. The van der Waals surface area contributed by atoms with Crippen LogP contribution in [0, 0.1) is 5.92 Å². The van der Waals surface area contributed by atoms with Gasteiger partial charge in [0.2, 0.25) is 0 Å². The van der Waals surface area contributed by atoms with Crippen molar-refractivity contribution in [1.82, 2.24) is 10.2 Å². The highest BCUT2D eigenvalue weighted by molar-refractivity contribution is 7.99. The van der Waals surface area contributed by atoms with Gasteiger partial charge in [0.25, 0.3) is 0 Å². The third-order valence-electron chi connectivity index (χ3n) is 3.69. The largest absolute Gasteiger partial charge is 0.381 e. The van der Waals surface area contributed by atoms with Crippen LogP contribution in [0.1, 0.15) is 13.3 Å². The number of hydrogen-bond donors (Lipinski definition) is 1. The van der Waals surface area contributed by atoms with Gasteiger partial charge in [-0.3, -0.25) is 4.99 Å². The topological polar surface area (TPSA) is 36.9 Å². The van der Waals surface area contributed by atoms with Gasteiger partial charge in [-0.15, -0.1) is 11.8 Å². The van der Waals surface area contributed by atoms with E-state index in [1.54, 1.807) is 11.8 Å². The quantitative estimate of drug-likeness (QED) is 0.352. The number of benzene rings is 1. The Morgan fingerprint density at radius 1 is 1.43 bits per heavy atom. The van der Waals surface area contributed by atoms with Crippen LogP contribution in [0.15, 0.2) is 34.2 Å². The van der Waals surface area contributed by atoms with Crippen molar-refractivity contribution in [2.75, 3.05) is 45.6 Å². The average molecular weight is 356 g/mol. The molecule has 1 aromatic carbocycles. The molecule has 1 N–H and O–H groups in total. The molecule has 0 spiro atoms. The van der Waals surface area contributed by atoms with Crippen LogP contribution in [0.3, 0.4) is 0 Å². The number of halogens is 1. The minimum atomic E-state index is 0.618. The molecular formula is C17H26ClN3OS. The van der Waals surface area contributed by atoms with Crippen molar-refractivity contribution in [3.8, 4) is 0 Å². The lowest BCUT2D eigenvalue weighted by molar-refractivity contribution is 0.181. The van der Waals surface area contributed by atoms with Crippen LogP contribution in [-0.4, -0.2) is 56.5 Å². The number of hydrogen-bond acceptors (Lipinski definition) is 3. The fourth-order valence-corrected chi connectivity index (χ4v) is 3.39. The smallest absolute Gasteiger partial charge is 0.193 e. The first-order valence-electron chi connectivity index (χ1n) is 8.14. The molecule has 1 aliphatic rings. The third-order valence-corrected chi connectivity index (χ3v) is 4.93. The summed E-state index contributed by atoms with van der Waals surface area (Å²) in [6.45, 7) is 6.54. The van der Waals surface area contributed by atoms with Crippen molar-refractivity contribution in [1.29, 1.82) is 0 Å². The van der Waals surface area contributed by atoms with Crippen molar-refractivity contribution in [2.45, 2.75) is 18.2 Å². The lowest BCUT2D eigenvalue weighted by Gasteiger charge is -2.24. The number of nitrogens with one attached hydrogen (secondary N) is 1. The van der Waals surface area contributed by atoms with Crippen LogP contribution >= 0.6 is 23.4 Å². The van der Waals surface area contributed by atoms with Gasteiger partial charge < -0.3 is 15.0 Å². The van der Waals surface area contributed by atoms with Crippen LogP contribution in [0.2, 0.25) is 5.02 Å². The predicted molar refractivity (Wildman–Crippen MR) is 99.7 cm³/mol. The van der Waals surface area contributed by atoms with Crippen molar-refractivity contribution in [3.05, 3.63) is 29.3 Å². The molecule has 2 rings (SSSR count). The fourth-order valence-electron chi connectivity index (χ4n) is 2.52. The summed E-state index contributed by atoms with van der Waals surface area (Å²) in [5.41, 5.74) is 0. The second-order valence-corrected chi connectivity index (χ2v) is 7.25. The maximum atomic E-state index is 5.90. The highest BCUT2D eigenvalue weighted by Crippen LogP contribution is 2.20. The number of nitrogens with zero attached hydrogens (tertiary/aromatic N) is 2. The zero-order chi connectivity index (χ0) is 16.5. The fraction of sp³-hybridized carbons (Fsp3) is 0.588. The van der Waals surface area contributed by atoms with Crippen molar-refractivity contribution in [2.24, 2.45) is 10.9 Å². The molecular weight excluding hydrogens is 330 g/mol. The molecule has 1 saturated heterocycles. The van der Waals surface area contributed by atoms with Crippen LogP contribution in [-0.2, 0) is 4.74 Å². The summed E-state index contributed by atoms with van der Waals surface area (Å²) in [5, 5.41) is 4.15. The highest BCUT2D eigenvalue weighted by atomic mass is 35.5. The predicted octanol–water partition coefficient (Wildman–Crippen LogP) is 3.37. The Hall–Kier alpha value is -0.910. The summed E-state index contributed by atoms with van der Waals surface area (Å²) in [6.07, 6.45) is 1.15. The zero-order valence-electron chi connectivity index (χ0n) is 13.9. The first-order valence-corrected chi connectivity index (χ1v) is 9.51. The molecule has 1 aliphatic heterocycles. The summed E-state index contributed by atoms with van der Waals surface area (Å²) >= 11 is 7.70. The van der Waals surface area contributed by atoms with Gasteiger partial charge in [-0.1, -0.05) is 11.6 Å². The monoisotopic (exact) mass is 355 g/mol. The van der Waals surface area contributed by atoms with Gasteiger partial charge in [0.1, 0.15) is 0 Å². The molecule has 6 heteroatoms. The van der Waals surface area contributed by atoms with E-state index in [2.05, 4.69) is 24.2 Å². The molecule has 0 saturated carbocycles. The van der Waals surface area contributed by atoms with E-state index in [0.29, 0.717) is 5.92 Å². The van der Waals surface area contributed by atoms with Crippen molar-refractivity contribution in [3.63, 3.8) is 0 Å². The zero-order valence-corrected chi connectivity index (χ0v) is 15.5. The molecule has 1 heterocycles. The van der Waals surface area contributed by atoms with E-state index in [9.17, 15) is 0 Å². The van der Waals surface area contributed by atoms with E-state index in [4.69, 9.17) is 21.3 Å². The number of ether oxygens (including phenoxy) is 1. The van der Waals surface area contributed by atoms with Crippen molar-refractivity contribution >= 4 is 29.3 Å². The molecule has 0 radical (unpaired) electrons. The summed E-state index contributed by atoms with van der Waals surface area (Å²) < 4.78 is 5.45.